The van der Waals surface area contributed by atoms with Crippen molar-refractivity contribution in [3.8, 4) is 0 Å². The van der Waals surface area contributed by atoms with Crippen LogP contribution in [0.25, 0.3) is 0 Å². The van der Waals surface area contributed by atoms with Crippen LogP contribution >= 0.6 is 0 Å². The number of aliphatic hydroxyl groups excluding tert-OH is 1. The van der Waals surface area contributed by atoms with Crippen LogP contribution in [0.1, 0.15) is 47.5 Å². The molecule has 0 saturated carbocycles. The van der Waals surface area contributed by atoms with E-state index in [9.17, 15) is 9.59 Å². The van der Waals surface area contributed by atoms with Crippen molar-refractivity contribution in [1.29, 1.82) is 0 Å². The molecule has 0 rings (SSSR count). The van der Waals surface area contributed by atoms with Crippen molar-refractivity contribution in [2.75, 3.05) is 0 Å². The number of aliphatic carboxylic acids is 1. The van der Waals surface area contributed by atoms with Crippen molar-refractivity contribution >= 4 is 11.9 Å². The molecule has 0 amide bonds. The van der Waals surface area contributed by atoms with E-state index in [1.165, 1.54) is 19.4 Å². The molecule has 0 saturated heterocycles. The van der Waals surface area contributed by atoms with Crippen molar-refractivity contribution < 1.29 is 24.5 Å². The summed E-state index contributed by atoms with van der Waals surface area (Å²) in [6.45, 7) is 12.3. The lowest BCUT2D eigenvalue weighted by Gasteiger charge is -2.24. The first kappa shape index (κ1) is 20.7. The van der Waals surface area contributed by atoms with Crippen LogP contribution in [0, 0.1) is 0 Å². The Morgan fingerprint density at radius 3 is 2.05 bits per heavy atom. The maximum absolute atomic E-state index is 10.8. The lowest BCUT2D eigenvalue weighted by molar-refractivity contribution is -0.151. The molecule has 0 aliphatic carbocycles. The van der Waals surface area contributed by atoms with Crippen molar-refractivity contribution in [3.63, 3.8) is 0 Å². The van der Waals surface area contributed by atoms with Gasteiger partial charge in [-0.2, -0.15) is 0 Å². The second-order valence-electron chi connectivity index (χ2n) is 4.94. The average Bonchev–Trinajstić information content (AvgIpc) is 2.28. The molecule has 0 aliphatic rings. The van der Waals surface area contributed by atoms with Crippen LogP contribution in [0.5, 0.6) is 0 Å². The molecule has 2 unspecified atom stereocenters. The van der Waals surface area contributed by atoms with E-state index in [-0.39, 0.29) is 5.97 Å². The third kappa shape index (κ3) is 12.8. The standard InChI is InChI=1S/C12H20O2.C3H6O3/c1-6-12(5,14-11(4)13)9-7-8-10(2)3;1-2(4)3(5)6/h6,8H,1,7,9H2,2-5H3;2,4H,1H3,(H,5,6). The van der Waals surface area contributed by atoms with Gasteiger partial charge in [-0.15, -0.1) is 0 Å². The Hall–Kier alpha value is -1.62. The summed E-state index contributed by atoms with van der Waals surface area (Å²) in [5.74, 6) is -1.44. The first-order valence-corrected chi connectivity index (χ1v) is 6.41. The molecule has 0 aromatic rings. The largest absolute Gasteiger partial charge is 0.479 e. The Balaban J connectivity index is 0. The van der Waals surface area contributed by atoms with E-state index in [4.69, 9.17) is 14.9 Å². The first-order valence-electron chi connectivity index (χ1n) is 6.41. The number of carboxylic acid groups (broad SMARTS) is 1. The molecule has 0 radical (unpaired) electrons. The predicted molar refractivity (Wildman–Crippen MR) is 78.3 cm³/mol. The molecule has 0 aromatic carbocycles. The fourth-order valence-electron chi connectivity index (χ4n) is 1.17. The number of ether oxygens (including phenoxy) is 1. The van der Waals surface area contributed by atoms with Gasteiger partial charge in [0.1, 0.15) is 11.7 Å². The Labute approximate surface area is 121 Å². The summed E-state index contributed by atoms with van der Waals surface area (Å²) in [5, 5.41) is 15.8. The number of allylic oxidation sites excluding steroid dienone is 2. The monoisotopic (exact) mass is 286 g/mol. The van der Waals surface area contributed by atoms with Crippen LogP contribution < -0.4 is 0 Å². The number of rotatable bonds is 6. The van der Waals surface area contributed by atoms with E-state index in [0.29, 0.717) is 0 Å². The van der Waals surface area contributed by atoms with E-state index < -0.39 is 17.7 Å². The van der Waals surface area contributed by atoms with Crippen LogP contribution in [0.4, 0.5) is 0 Å². The number of carboxylic acids is 1. The number of aliphatic hydroxyl groups is 1. The van der Waals surface area contributed by atoms with E-state index in [1.807, 2.05) is 6.92 Å². The number of hydrogen-bond acceptors (Lipinski definition) is 4. The second kappa shape index (κ2) is 10.2. The predicted octanol–water partition coefficient (Wildman–Crippen LogP) is 2.69. The highest BCUT2D eigenvalue weighted by Gasteiger charge is 2.22. The van der Waals surface area contributed by atoms with Gasteiger partial charge in [0, 0.05) is 6.92 Å². The highest BCUT2D eigenvalue weighted by molar-refractivity contribution is 5.71. The summed E-state index contributed by atoms with van der Waals surface area (Å²) in [4.78, 5) is 20.3. The molecule has 0 aromatic heterocycles. The summed E-state index contributed by atoms with van der Waals surface area (Å²) >= 11 is 0. The SMILES string of the molecule is C=CC(C)(CCC=C(C)C)OC(C)=O.CC(O)C(=O)O. The lowest BCUT2D eigenvalue weighted by atomic mass is 9.99. The van der Waals surface area contributed by atoms with Gasteiger partial charge in [0.15, 0.2) is 0 Å². The third-order valence-electron chi connectivity index (χ3n) is 2.36. The van der Waals surface area contributed by atoms with E-state index >= 15 is 0 Å². The minimum Gasteiger partial charge on any atom is -0.479 e. The summed E-state index contributed by atoms with van der Waals surface area (Å²) < 4.78 is 5.18. The molecule has 0 spiro atoms. The van der Waals surface area contributed by atoms with Gasteiger partial charge < -0.3 is 14.9 Å². The Bertz CT molecular complexity index is 353. The number of hydrogen-bond donors (Lipinski definition) is 2. The highest BCUT2D eigenvalue weighted by atomic mass is 16.6. The van der Waals surface area contributed by atoms with Crippen LogP contribution in [0.2, 0.25) is 0 Å². The minimum atomic E-state index is -1.23. The summed E-state index contributed by atoms with van der Waals surface area (Å²) in [7, 11) is 0. The van der Waals surface area contributed by atoms with E-state index in [0.717, 1.165) is 12.8 Å². The van der Waals surface area contributed by atoms with Gasteiger partial charge in [0.05, 0.1) is 0 Å². The van der Waals surface area contributed by atoms with Crippen LogP contribution in [0.15, 0.2) is 24.3 Å². The van der Waals surface area contributed by atoms with Gasteiger partial charge in [-0.05, 0) is 46.6 Å². The van der Waals surface area contributed by atoms with Crippen LogP contribution in [0.3, 0.4) is 0 Å². The fourth-order valence-corrected chi connectivity index (χ4v) is 1.17. The molecule has 5 heteroatoms. The molecule has 0 fully saturated rings. The van der Waals surface area contributed by atoms with Gasteiger partial charge in [-0.3, -0.25) is 4.79 Å². The molecule has 0 aliphatic heterocycles. The third-order valence-corrected chi connectivity index (χ3v) is 2.36. The van der Waals surface area contributed by atoms with Gasteiger partial charge in [0.25, 0.3) is 0 Å². The van der Waals surface area contributed by atoms with Crippen molar-refractivity contribution in [2.24, 2.45) is 0 Å². The Morgan fingerprint density at radius 1 is 1.35 bits per heavy atom. The highest BCUT2D eigenvalue weighted by Crippen LogP contribution is 2.19. The van der Waals surface area contributed by atoms with Crippen LogP contribution in [-0.4, -0.2) is 33.9 Å². The Morgan fingerprint density at radius 2 is 1.80 bits per heavy atom. The summed E-state index contributed by atoms with van der Waals surface area (Å²) in [6, 6.07) is 0. The molecule has 0 heterocycles. The zero-order valence-corrected chi connectivity index (χ0v) is 13.0. The van der Waals surface area contributed by atoms with Gasteiger partial charge in [0.2, 0.25) is 0 Å². The van der Waals surface area contributed by atoms with Gasteiger partial charge in [-0.1, -0.05) is 18.2 Å². The average molecular weight is 286 g/mol. The Kier molecular flexibility index (Phi) is 10.6. The second-order valence-corrected chi connectivity index (χ2v) is 4.94. The molecule has 116 valence electrons. The van der Waals surface area contributed by atoms with Gasteiger partial charge >= 0.3 is 11.9 Å². The maximum atomic E-state index is 10.8. The molecule has 0 bridgehead atoms. The number of esters is 1. The maximum Gasteiger partial charge on any atom is 0.332 e. The first-order chi connectivity index (χ1) is 9.04. The summed E-state index contributed by atoms with van der Waals surface area (Å²) in [5.41, 5.74) is 0.747. The summed E-state index contributed by atoms with van der Waals surface area (Å²) in [6.07, 6.45) is 4.27. The quantitative estimate of drug-likeness (QED) is 0.579. The zero-order chi connectivity index (χ0) is 16.3. The smallest absolute Gasteiger partial charge is 0.332 e. The lowest BCUT2D eigenvalue weighted by Crippen LogP contribution is -2.27. The fraction of sp³-hybridized carbons (Fsp3) is 0.600. The topological polar surface area (TPSA) is 83.8 Å². The van der Waals surface area contributed by atoms with E-state index in [1.54, 1.807) is 6.08 Å². The normalized spacial score (nSPS) is 13.9. The van der Waals surface area contributed by atoms with Gasteiger partial charge in [-0.25, -0.2) is 4.79 Å². The van der Waals surface area contributed by atoms with Crippen LogP contribution in [-0.2, 0) is 14.3 Å². The number of carbonyl (C=O) groups excluding carboxylic acids is 1. The molecular weight excluding hydrogens is 260 g/mol. The molecule has 2 N–H and O–H groups in total. The molecular formula is C15H26O5. The molecule has 2 atom stereocenters. The molecule has 20 heavy (non-hydrogen) atoms. The van der Waals surface area contributed by atoms with Crippen molar-refractivity contribution in [2.45, 2.75) is 59.2 Å². The van der Waals surface area contributed by atoms with E-state index in [2.05, 4.69) is 26.5 Å². The van der Waals surface area contributed by atoms with Crippen molar-refractivity contribution in [3.05, 3.63) is 24.3 Å². The number of carbonyl (C=O) groups is 2. The molecule has 5 nitrogen and oxygen atoms in total. The van der Waals surface area contributed by atoms with Crippen molar-refractivity contribution in [1.82, 2.24) is 0 Å². The zero-order valence-electron chi connectivity index (χ0n) is 13.0. The minimum absolute atomic E-state index is 0.260.